The van der Waals surface area contributed by atoms with Crippen LogP contribution in [-0.4, -0.2) is 50.0 Å². The molecule has 1 fully saturated rings. The van der Waals surface area contributed by atoms with Crippen LogP contribution in [0.5, 0.6) is 0 Å². The van der Waals surface area contributed by atoms with E-state index in [-0.39, 0.29) is 11.9 Å². The van der Waals surface area contributed by atoms with Gasteiger partial charge in [-0.1, -0.05) is 11.6 Å². The van der Waals surface area contributed by atoms with E-state index in [0.29, 0.717) is 23.9 Å². The summed E-state index contributed by atoms with van der Waals surface area (Å²) in [6.45, 7) is 2.55. The Bertz CT molecular complexity index is 669. The van der Waals surface area contributed by atoms with E-state index in [0.717, 1.165) is 17.8 Å². The van der Waals surface area contributed by atoms with Crippen molar-refractivity contribution in [3.63, 3.8) is 0 Å². The Morgan fingerprint density at radius 3 is 3.05 bits per heavy atom. The zero-order chi connectivity index (χ0) is 14.3. The second-order valence-corrected chi connectivity index (χ2v) is 5.36. The van der Waals surface area contributed by atoms with Crippen LogP contribution in [0, 0.1) is 6.92 Å². The van der Waals surface area contributed by atoms with Gasteiger partial charge in [0, 0.05) is 31.6 Å². The number of carbonyl (C=O) groups is 1. The lowest BCUT2D eigenvalue weighted by molar-refractivity contribution is -0.132. The Hall–Kier alpha value is -1.89. The molecule has 1 aliphatic heterocycles. The van der Waals surface area contributed by atoms with Crippen LogP contribution in [-0.2, 0) is 4.79 Å². The Labute approximate surface area is 121 Å². The van der Waals surface area contributed by atoms with E-state index >= 15 is 0 Å². The zero-order valence-electron chi connectivity index (χ0n) is 11.3. The van der Waals surface area contributed by atoms with Crippen molar-refractivity contribution >= 4 is 29.1 Å². The lowest BCUT2D eigenvalue weighted by Gasteiger charge is -2.31. The highest BCUT2D eigenvalue weighted by molar-refractivity contribution is 6.30. The van der Waals surface area contributed by atoms with Crippen molar-refractivity contribution in [1.29, 1.82) is 0 Å². The minimum Gasteiger partial charge on any atom is -0.365 e. The highest BCUT2D eigenvalue weighted by Gasteiger charge is 2.24. The summed E-state index contributed by atoms with van der Waals surface area (Å²) in [4.78, 5) is 21.5. The van der Waals surface area contributed by atoms with E-state index in [1.807, 2.05) is 14.0 Å². The monoisotopic (exact) mass is 294 g/mol. The average Bonchev–Trinajstić information content (AvgIpc) is 2.87. The molecule has 20 heavy (non-hydrogen) atoms. The first kappa shape index (κ1) is 13.1. The van der Waals surface area contributed by atoms with Crippen LogP contribution in [0.1, 0.15) is 18.4 Å². The van der Waals surface area contributed by atoms with Gasteiger partial charge in [-0.05, 0) is 13.3 Å². The molecule has 1 unspecified atom stereocenters. The fourth-order valence-electron chi connectivity index (χ4n) is 2.39. The summed E-state index contributed by atoms with van der Waals surface area (Å²) < 4.78 is 1.64. The van der Waals surface area contributed by atoms with Crippen LogP contribution in [0.4, 0.5) is 5.82 Å². The molecule has 0 spiro atoms. The molecular weight excluding hydrogens is 280 g/mol. The number of amides is 1. The number of nitrogens with zero attached hydrogens (tertiary/aromatic N) is 5. The molecule has 1 N–H and O–H groups in total. The summed E-state index contributed by atoms with van der Waals surface area (Å²) in [5.74, 6) is 1.42. The van der Waals surface area contributed by atoms with E-state index in [1.165, 1.54) is 6.33 Å². The van der Waals surface area contributed by atoms with E-state index < -0.39 is 0 Å². The second-order valence-electron chi connectivity index (χ2n) is 5.00. The summed E-state index contributed by atoms with van der Waals surface area (Å²) in [6.07, 6.45) is 2.78. The van der Waals surface area contributed by atoms with Gasteiger partial charge in [0.2, 0.25) is 5.91 Å². The fraction of sp³-hybridized carbons (Fsp3) is 0.500. The summed E-state index contributed by atoms with van der Waals surface area (Å²) >= 11 is 6.12. The number of aromatic nitrogens is 4. The molecule has 0 bridgehead atoms. The van der Waals surface area contributed by atoms with Crippen molar-refractivity contribution in [2.45, 2.75) is 25.8 Å². The predicted molar refractivity (Wildman–Crippen MR) is 74.8 cm³/mol. The maximum atomic E-state index is 11.5. The van der Waals surface area contributed by atoms with Crippen molar-refractivity contribution in [3.8, 4) is 0 Å². The standard InChI is InChI=1S/C12H15ClN6O/c1-7-10(13)17-12-14-6-15-19(12)11(7)16-8-3-4-9(20)18(2)5-8/h6,8,16H,3-5H2,1-2H3. The van der Waals surface area contributed by atoms with Crippen LogP contribution in [0.15, 0.2) is 6.33 Å². The third-order valence-electron chi connectivity index (χ3n) is 3.57. The molecule has 3 rings (SSSR count). The number of carbonyl (C=O) groups excluding carboxylic acids is 1. The van der Waals surface area contributed by atoms with Crippen molar-refractivity contribution in [2.24, 2.45) is 0 Å². The third-order valence-corrected chi connectivity index (χ3v) is 3.94. The quantitative estimate of drug-likeness (QED) is 0.840. The van der Waals surface area contributed by atoms with Gasteiger partial charge in [-0.2, -0.15) is 19.6 Å². The van der Waals surface area contributed by atoms with Crippen LogP contribution in [0.3, 0.4) is 0 Å². The third kappa shape index (κ3) is 2.18. The normalized spacial score (nSPS) is 19.6. The molecule has 1 saturated heterocycles. The van der Waals surface area contributed by atoms with Gasteiger partial charge >= 0.3 is 0 Å². The van der Waals surface area contributed by atoms with Gasteiger partial charge in [0.25, 0.3) is 5.78 Å². The highest BCUT2D eigenvalue weighted by atomic mass is 35.5. The number of likely N-dealkylation sites (tertiary alicyclic amines) is 1. The minimum absolute atomic E-state index is 0.169. The smallest absolute Gasteiger partial charge is 0.255 e. The predicted octanol–water partition coefficient (Wildman–Crippen LogP) is 1.12. The summed E-state index contributed by atoms with van der Waals surface area (Å²) in [6, 6.07) is 0.169. The summed E-state index contributed by atoms with van der Waals surface area (Å²) in [5, 5.41) is 7.98. The lowest BCUT2D eigenvalue weighted by atomic mass is 10.1. The zero-order valence-corrected chi connectivity index (χ0v) is 12.1. The van der Waals surface area contributed by atoms with Gasteiger partial charge in [0.05, 0.1) is 0 Å². The molecule has 8 heteroatoms. The van der Waals surface area contributed by atoms with E-state index in [4.69, 9.17) is 11.6 Å². The number of anilines is 1. The molecule has 7 nitrogen and oxygen atoms in total. The van der Waals surface area contributed by atoms with Crippen molar-refractivity contribution in [1.82, 2.24) is 24.5 Å². The highest BCUT2D eigenvalue weighted by Crippen LogP contribution is 2.24. The van der Waals surface area contributed by atoms with Gasteiger partial charge in [0.1, 0.15) is 17.3 Å². The summed E-state index contributed by atoms with van der Waals surface area (Å²) in [7, 11) is 1.81. The fourth-order valence-corrected chi connectivity index (χ4v) is 2.56. The van der Waals surface area contributed by atoms with Gasteiger partial charge in [-0.15, -0.1) is 0 Å². The number of likely N-dealkylation sites (N-methyl/N-ethyl adjacent to an activating group) is 1. The molecule has 106 valence electrons. The number of halogens is 1. The van der Waals surface area contributed by atoms with Gasteiger partial charge in [-0.25, -0.2) is 0 Å². The lowest BCUT2D eigenvalue weighted by Crippen LogP contribution is -2.43. The first-order valence-corrected chi connectivity index (χ1v) is 6.80. The van der Waals surface area contributed by atoms with Gasteiger partial charge in [0.15, 0.2) is 0 Å². The molecule has 1 amide bonds. The van der Waals surface area contributed by atoms with Crippen LogP contribution < -0.4 is 5.32 Å². The van der Waals surface area contributed by atoms with Crippen LogP contribution in [0.2, 0.25) is 5.15 Å². The molecule has 3 heterocycles. The van der Waals surface area contributed by atoms with Gasteiger partial charge in [-0.3, -0.25) is 4.79 Å². The number of hydrogen-bond acceptors (Lipinski definition) is 5. The number of rotatable bonds is 2. The topological polar surface area (TPSA) is 75.4 Å². The molecule has 2 aromatic heterocycles. The average molecular weight is 295 g/mol. The first-order valence-electron chi connectivity index (χ1n) is 6.42. The van der Waals surface area contributed by atoms with Gasteiger partial charge < -0.3 is 10.2 Å². The minimum atomic E-state index is 0.169. The summed E-state index contributed by atoms with van der Waals surface area (Å²) in [5.41, 5.74) is 0.823. The molecule has 0 radical (unpaired) electrons. The Morgan fingerprint density at radius 1 is 1.50 bits per heavy atom. The SMILES string of the molecule is Cc1c(Cl)nc2ncnn2c1NC1CCC(=O)N(C)C1. The Morgan fingerprint density at radius 2 is 2.30 bits per heavy atom. The van der Waals surface area contributed by atoms with E-state index in [1.54, 1.807) is 9.42 Å². The maximum Gasteiger partial charge on any atom is 0.255 e. The van der Waals surface area contributed by atoms with Crippen molar-refractivity contribution in [2.75, 3.05) is 18.9 Å². The molecule has 1 atom stereocenters. The van der Waals surface area contributed by atoms with E-state index in [2.05, 4.69) is 20.4 Å². The van der Waals surface area contributed by atoms with Crippen LogP contribution >= 0.6 is 11.6 Å². The van der Waals surface area contributed by atoms with E-state index in [9.17, 15) is 4.79 Å². The number of piperidine rings is 1. The first-order chi connectivity index (χ1) is 9.56. The molecule has 0 aromatic carbocycles. The van der Waals surface area contributed by atoms with Crippen LogP contribution in [0.25, 0.3) is 5.78 Å². The molecule has 0 saturated carbocycles. The number of hydrogen-bond donors (Lipinski definition) is 1. The number of nitrogens with one attached hydrogen (secondary N) is 1. The second kappa shape index (κ2) is 4.90. The molecule has 2 aromatic rings. The number of fused-ring (bicyclic) bond motifs is 1. The largest absolute Gasteiger partial charge is 0.365 e. The van der Waals surface area contributed by atoms with Crippen molar-refractivity contribution in [3.05, 3.63) is 17.0 Å². The molecule has 0 aliphatic carbocycles. The Kier molecular flexibility index (Phi) is 3.21. The maximum absolute atomic E-state index is 11.5. The molecule has 1 aliphatic rings. The Balaban J connectivity index is 1.92. The molecular formula is C12H15ClN6O. The van der Waals surface area contributed by atoms with Crippen molar-refractivity contribution < 1.29 is 4.79 Å².